The molecule has 0 spiro atoms. The second-order valence-electron chi connectivity index (χ2n) is 17.1. The first-order valence-corrected chi connectivity index (χ1v) is 25.3. The Bertz CT molecular complexity index is 942. The Morgan fingerprint density at radius 1 is 0.328 bits per heavy atom. The van der Waals surface area contributed by atoms with E-state index in [-0.39, 0.29) is 31.1 Å². The molecule has 1 unspecified atom stereocenters. The lowest BCUT2D eigenvalue weighted by atomic mass is 10.0. The number of ether oxygens (including phenoxy) is 3. The SMILES string of the molecule is CCCC/C=C\CCCCCCC(=O)OCC(COC(=O)CCCCCCC/C=C\CCCCCCCCCCC)OC(=O)CCCCCCCCCCCCCC. The summed E-state index contributed by atoms with van der Waals surface area (Å²) < 4.78 is 16.7. The smallest absolute Gasteiger partial charge is 0.306 e. The lowest BCUT2D eigenvalue weighted by molar-refractivity contribution is -0.167. The summed E-state index contributed by atoms with van der Waals surface area (Å²) in [5, 5.41) is 0. The zero-order valence-electron chi connectivity index (χ0n) is 38.8. The molecule has 1 atom stereocenters. The largest absolute Gasteiger partial charge is 0.462 e. The Hall–Kier alpha value is -2.11. The molecule has 0 amide bonds. The van der Waals surface area contributed by atoms with Gasteiger partial charge in [0.25, 0.3) is 0 Å². The predicted molar refractivity (Wildman–Crippen MR) is 247 cm³/mol. The molecule has 0 saturated heterocycles. The van der Waals surface area contributed by atoms with Crippen molar-refractivity contribution >= 4 is 17.9 Å². The van der Waals surface area contributed by atoms with Crippen LogP contribution in [0.5, 0.6) is 0 Å². The van der Waals surface area contributed by atoms with Gasteiger partial charge in [0.15, 0.2) is 6.10 Å². The Morgan fingerprint density at radius 2 is 0.586 bits per heavy atom. The Morgan fingerprint density at radius 3 is 0.914 bits per heavy atom. The van der Waals surface area contributed by atoms with E-state index in [9.17, 15) is 14.4 Å². The normalized spacial score (nSPS) is 12.1. The summed E-state index contributed by atoms with van der Waals surface area (Å²) >= 11 is 0. The molecule has 58 heavy (non-hydrogen) atoms. The topological polar surface area (TPSA) is 78.9 Å². The molecular formula is C52H96O6. The van der Waals surface area contributed by atoms with Crippen molar-refractivity contribution in [3.63, 3.8) is 0 Å². The van der Waals surface area contributed by atoms with Crippen LogP contribution in [0.4, 0.5) is 0 Å². The Balaban J connectivity index is 4.30. The van der Waals surface area contributed by atoms with Crippen molar-refractivity contribution in [3.05, 3.63) is 24.3 Å². The van der Waals surface area contributed by atoms with E-state index in [0.29, 0.717) is 19.3 Å². The average molecular weight is 817 g/mol. The molecule has 0 bridgehead atoms. The van der Waals surface area contributed by atoms with Gasteiger partial charge < -0.3 is 14.2 Å². The maximum atomic E-state index is 12.7. The molecule has 0 aliphatic rings. The van der Waals surface area contributed by atoms with Gasteiger partial charge in [-0.25, -0.2) is 0 Å². The first kappa shape index (κ1) is 55.9. The molecule has 6 nitrogen and oxygen atoms in total. The number of unbranched alkanes of at least 4 members (excludes halogenated alkanes) is 31. The second kappa shape index (κ2) is 47.6. The van der Waals surface area contributed by atoms with Crippen molar-refractivity contribution in [1.82, 2.24) is 0 Å². The van der Waals surface area contributed by atoms with Crippen molar-refractivity contribution < 1.29 is 28.6 Å². The van der Waals surface area contributed by atoms with Gasteiger partial charge in [-0.2, -0.15) is 0 Å². The number of hydrogen-bond acceptors (Lipinski definition) is 6. The number of carbonyl (C=O) groups is 3. The highest BCUT2D eigenvalue weighted by Crippen LogP contribution is 2.15. The Labute approximate surface area is 360 Å². The minimum atomic E-state index is -0.773. The van der Waals surface area contributed by atoms with Gasteiger partial charge in [0, 0.05) is 19.3 Å². The van der Waals surface area contributed by atoms with Crippen LogP contribution in [-0.4, -0.2) is 37.2 Å². The number of esters is 3. The molecule has 0 aromatic heterocycles. The van der Waals surface area contributed by atoms with Gasteiger partial charge in [0.1, 0.15) is 13.2 Å². The maximum absolute atomic E-state index is 12.7. The summed E-state index contributed by atoms with van der Waals surface area (Å²) in [4.78, 5) is 37.8. The van der Waals surface area contributed by atoms with E-state index in [1.807, 2.05) is 0 Å². The van der Waals surface area contributed by atoms with Crippen molar-refractivity contribution in [2.24, 2.45) is 0 Å². The first-order valence-electron chi connectivity index (χ1n) is 25.3. The fourth-order valence-corrected chi connectivity index (χ4v) is 7.30. The van der Waals surface area contributed by atoms with Crippen molar-refractivity contribution in [2.45, 2.75) is 277 Å². The molecule has 6 heteroatoms. The maximum Gasteiger partial charge on any atom is 0.306 e. The minimum absolute atomic E-state index is 0.0759. The van der Waals surface area contributed by atoms with Gasteiger partial charge in [-0.15, -0.1) is 0 Å². The second-order valence-corrected chi connectivity index (χ2v) is 17.1. The molecule has 0 aliphatic carbocycles. The highest BCUT2D eigenvalue weighted by molar-refractivity contribution is 5.71. The summed E-state index contributed by atoms with van der Waals surface area (Å²) in [5.74, 6) is -0.888. The molecule has 0 N–H and O–H groups in total. The number of carbonyl (C=O) groups excluding carboxylic acids is 3. The van der Waals surface area contributed by atoms with E-state index in [2.05, 4.69) is 45.1 Å². The van der Waals surface area contributed by atoms with Crippen LogP contribution in [0.15, 0.2) is 24.3 Å². The minimum Gasteiger partial charge on any atom is -0.462 e. The van der Waals surface area contributed by atoms with E-state index < -0.39 is 6.10 Å². The van der Waals surface area contributed by atoms with Gasteiger partial charge in [-0.1, -0.05) is 212 Å². The Kier molecular flexibility index (Phi) is 45.8. The molecular weight excluding hydrogens is 721 g/mol. The third kappa shape index (κ3) is 45.0. The van der Waals surface area contributed by atoms with Gasteiger partial charge in [0.05, 0.1) is 0 Å². The third-order valence-corrected chi connectivity index (χ3v) is 11.2. The lowest BCUT2D eigenvalue weighted by Gasteiger charge is -2.18. The van der Waals surface area contributed by atoms with Crippen LogP contribution in [0.3, 0.4) is 0 Å². The van der Waals surface area contributed by atoms with Crippen LogP contribution in [0, 0.1) is 0 Å². The fourth-order valence-electron chi connectivity index (χ4n) is 7.30. The molecule has 0 saturated carbocycles. The molecule has 0 heterocycles. The zero-order chi connectivity index (χ0) is 42.3. The number of hydrogen-bond donors (Lipinski definition) is 0. The summed E-state index contributed by atoms with van der Waals surface area (Å²) in [7, 11) is 0. The van der Waals surface area contributed by atoms with E-state index in [0.717, 1.165) is 83.5 Å². The van der Waals surface area contributed by atoms with Gasteiger partial charge in [-0.3, -0.25) is 14.4 Å². The average Bonchev–Trinajstić information content (AvgIpc) is 3.22. The van der Waals surface area contributed by atoms with Crippen LogP contribution >= 0.6 is 0 Å². The molecule has 340 valence electrons. The standard InChI is InChI=1S/C52H96O6/c1-4-7-10-13-16-19-22-24-25-26-27-28-29-31-33-36-39-42-45-51(54)57-48-49(47-56-50(53)44-41-38-35-32-21-18-15-12-9-6-3)58-52(55)46-43-40-37-34-30-23-20-17-14-11-8-5-2/h15,18,27-28,49H,4-14,16-17,19-26,29-48H2,1-3H3/b18-15-,28-27-. The predicted octanol–water partition coefficient (Wildman–Crippen LogP) is 16.4. The van der Waals surface area contributed by atoms with Crippen LogP contribution in [0.1, 0.15) is 271 Å². The number of rotatable bonds is 46. The van der Waals surface area contributed by atoms with Crippen LogP contribution in [-0.2, 0) is 28.6 Å². The van der Waals surface area contributed by atoms with E-state index in [1.165, 1.54) is 148 Å². The lowest BCUT2D eigenvalue weighted by Crippen LogP contribution is -2.30. The monoisotopic (exact) mass is 817 g/mol. The number of allylic oxidation sites excluding steroid dienone is 4. The highest BCUT2D eigenvalue weighted by Gasteiger charge is 2.19. The zero-order valence-corrected chi connectivity index (χ0v) is 38.8. The third-order valence-electron chi connectivity index (χ3n) is 11.2. The quantitative estimate of drug-likeness (QED) is 0.0263. The summed E-state index contributed by atoms with van der Waals surface area (Å²) in [5.41, 5.74) is 0. The van der Waals surface area contributed by atoms with E-state index >= 15 is 0 Å². The first-order chi connectivity index (χ1) is 28.5. The van der Waals surface area contributed by atoms with Crippen molar-refractivity contribution in [2.75, 3.05) is 13.2 Å². The summed E-state index contributed by atoms with van der Waals surface area (Å²) in [6.07, 6.45) is 53.1. The van der Waals surface area contributed by atoms with Crippen LogP contribution in [0.2, 0.25) is 0 Å². The van der Waals surface area contributed by atoms with E-state index in [4.69, 9.17) is 14.2 Å². The highest BCUT2D eigenvalue weighted by atomic mass is 16.6. The van der Waals surface area contributed by atoms with Crippen LogP contribution in [0.25, 0.3) is 0 Å². The van der Waals surface area contributed by atoms with Crippen molar-refractivity contribution in [1.29, 1.82) is 0 Å². The van der Waals surface area contributed by atoms with Crippen molar-refractivity contribution in [3.8, 4) is 0 Å². The molecule has 0 aromatic carbocycles. The van der Waals surface area contributed by atoms with Gasteiger partial charge in [-0.05, 0) is 64.2 Å². The summed E-state index contributed by atoms with van der Waals surface area (Å²) in [6, 6.07) is 0. The van der Waals surface area contributed by atoms with Crippen LogP contribution < -0.4 is 0 Å². The summed E-state index contributed by atoms with van der Waals surface area (Å²) in [6.45, 7) is 6.59. The van der Waals surface area contributed by atoms with Gasteiger partial charge >= 0.3 is 17.9 Å². The molecule has 0 radical (unpaired) electrons. The molecule has 0 aliphatic heterocycles. The molecule has 0 aromatic rings. The van der Waals surface area contributed by atoms with Gasteiger partial charge in [0.2, 0.25) is 0 Å². The molecule has 0 fully saturated rings. The molecule has 0 rings (SSSR count). The fraction of sp³-hybridized carbons (Fsp3) is 0.865. The van der Waals surface area contributed by atoms with E-state index in [1.54, 1.807) is 0 Å².